The predicted octanol–water partition coefficient (Wildman–Crippen LogP) is 8.95. The summed E-state index contributed by atoms with van der Waals surface area (Å²) in [6, 6.07) is 22.9. The summed E-state index contributed by atoms with van der Waals surface area (Å²) in [6.45, 7) is 0. The lowest BCUT2D eigenvalue weighted by atomic mass is 10.1. The Balaban J connectivity index is 1.64. The first-order valence-corrected chi connectivity index (χ1v) is 11.4. The van der Waals surface area contributed by atoms with Crippen LogP contribution in [0.4, 0.5) is 0 Å². The molecule has 0 bridgehead atoms. The van der Waals surface area contributed by atoms with Gasteiger partial charge in [-0.1, -0.05) is 89.4 Å². The molecule has 0 amide bonds. The third kappa shape index (κ3) is 6.90. The SMILES string of the molecule is Clc1ccc(C=Cc2cnc(C=Cc3ccc(Cl)cc3)c(C=Cc3ccc(Cl)cc3)n2)cc1. The molecular weight excluding hydrogens is 471 g/mol. The Morgan fingerprint density at radius 2 is 0.848 bits per heavy atom. The molecule has 162 valence electrons. The monoisotopic (exact) mass is 488 g/mol. The standard InChI is InChI=1S/C28H19Cl3N2/c29-23-10-1-20(2-11-23)7-16-26-19-32-27(17-8-21-3-12-24(30)13-4-21)28(33-26)18-9-22-5-14-25(31)15-6-22/h1-19H. The highest BCUT2D eigenvalue weighted by molar-refractivity contribution is 6.31. The first-order valence-electron chi connectivity index (χ1n) is 10.2. The molecule has 4 rings (SSSR count). The lowest BCUT2D eigenvalue weighted by Gasteiger charge is -2.03. The van der Waals surface area contributed by atoms with E-state index < -0.39 is 0 Å². The molecule has 0 radical (unpaired) electrons. The zero-order chi connectivity index (χ0) is 23.0. The van der Waals surface area contributed by atoms with E-state index in [0.717, 1.165) is 33.8 Å². The smallest absolute Gasteiger partial charge is 0.0894 e. The molecule has 3 aromatic carbocycles. The van der Waals surface area contributed by atoms with Crippen LogP contribution in [0.25, 0.3) is 36.5 Å². The Labute approximate surface area is 208 Å². The molecule has 33 heavy (non-hydrogen) atoms. The average Bonchev–Trinajstić information content (AvgIpc) is 2.83. The lowest BCUT2D eigenvalue weighted by Crippen LogP contribution is -1.94. The Bertz CT molecular complexity index is 1310. The quantitative estimate of drug-likeness (QED) is 0.270. The van der Waals surface area contributed by atoms with Gasteiger partial charge in [-0.05, 0) is 71.3 Å². The molecule has 0 unspecified atom stereocenters. The van der Waals surface area contributed by atoms with Gasteiger partial charge in [-0.2, -0.15) is 0 Å². The summed E-state index contributed by atoms with van der Waals surface area (Å²) in [6.07, 6.45) is 13.6. The maximum atomic E-state index is 6.00. The van der Waals surface area contributed by atoms with Gasteiger partial charge in [0.05, 0.1) is 23.3 Å². The molecule has 0 atom stereocenters. The molecule has 0 fully saturated rings. The Morgan fingerprint density at radius 3 is 1.30 bits per heavy atom. The van der Waals surface area contributed by atoms with Crippen molar-refractivity contribution in [3.05, 3.63) is 128 Å². The Morgan fingerprint density at radius 1 is 0.455 bits per heavy atom. The van der Waals surface area contributed by atoms with E-state index in [1.807, 2.05) is 109 Å². The van der Waals surface area contributed by atoms with Crippen LogP contribution < -0.4 is 0 Å². The Kier molecular flexibility index (Phi) is 7.74. The minimum absolute atomic E-state index is 0.702. The number of aromatic nitrogens is 2. The molecule has 0 aliphatic rings. The van der Waals surface area contributed by atoms with Crippen molar-refractivity contribution in [2.24, 2.45) is 0 Å². The number of halogens is 3. The van der Waals surface area contributed by atoms with Gasteiger partial charge in [0.1, 0.15) is 0 Å². The summed E-state index contributed by atoms with van der Waals surface area (Å²) in [5, 5.41) is 2.11. The van der Waals surface area contributed by atoms with E-state index in [4.69, 9.17) is 39.8 Å². The summed E-state index contributed by atoms with van der Waals surface area (Å²) in [5.41, 5.74) is 5.36. The largest absolute Gasteiger partial charge is 0.252 e. The normalized spacial score (nSPS) is 11.7. The fourth-order valence-electron chi connectivity index (χ4n) is 3.01. The van der Waals surface area contributed by atoms with Gasteiger partial charge in [0.2, 0.25) is 0 Å². The third-order valence-electron chi connectivity index (χ3n) is 4.77. The van der Waals surface area contributed by atoms with Gasteiger partial charge < -0.3 is 0 Å². The van der Waals surface area contributed by atoms with Crippen LogP contribution in [0.2, 0.25) is 15.1 Å². The maximum absolute atomic E-state index is 6.00. The second kappa shape index (κ2) is 11.1. The van der Waals surface area contributed by atoms with E-state index in [1.54, 1.807) is 6.20 Å². The highest BCUT2D eigenvalue weighted by Gasteiger charge is 2.02. The van der Waals surface area contributed by atoms with Crippen LogP contribution in [0.15, 0.2) is 79.0 Å². The van der Waals surface area contributed by atoms with Crippen LogP contribution in [0, 0.1) is 0 Å². The molecule has 1 heterocycles. The summed E-state index contributed by atoms with van der Waals surface area (Å²) in [4.78, 5) is 9.45. The molecule has 0 saturated heterocycles. The molecule has 4 aromatic rings. The lowest BCUT2D eigenvalue weighted by molar-refractivity contribution is 1.14. The fraction of sp³-hybridized carbons (Fsp3) is 0. The summed E-state index contributed by atoms with van der Waals surface area (Å²) in [7, 11) is 0. The van der Waals surface area contributed by atoms with E-state index in [-0.39, 0.29) is 0 Å². The second-order valence-electron chi connectivity index (χ2n) is 7.22. The van der Waals surface area contributed by atoms with E-state index in [0.29, 0.717) is 15.1 Å². The topological polar surface area (TPSA) is 25.8 Å². The highest BCUT2D eigenvalue weighted by Crippen LogP contribution is 2.18. The van der Waals surface area contributed by atoms with Crippen molar-refractivity contribution < 1.29 is 0 Å². The van der Waals surface area contributed by atoms with Crippen LogP contribution in [0.3, 0.4) is 0 Å². The molecule has 0 aliphatic heterocycles. The molecule has 1 aromatic heterocycles. The minimum atomic E-state index is 0.702. The Hall–Kier alpha value is -3.17. The van der Waals surface area contributed by atoms with Crippen molar-refractivity contribution in [3.8, 4) is 0 Å². The number of rotatable bonds is 6. The fourth-order valence-corrected chi connectivity index (χ4v) is 3.39. The summed E-state index contributed by atoms with van der Waals surface area (Å²) < 4.78 is 0. The van der Waals surface area contributed by atoms with Gasteiger partial charge >= 0.3 is 0 Å². The second-order valence-corrected chi connectivity index (χ2v) is 8.53. The summed E-state index contributed by atoms with van der Waals surface area (Å²) >= 11 is 18.0. The van der Waals surface area contributed by atoms with Crippen LogP contribution in [-0.4, -0.2) is 9.97 Å². The zero-order valence-corrected chi connectivity index (χ0v) is 19.8. The molecule has 0 saturated carbocycles. The molecule has 2 nitrogen and oxygen atoms in total. The van der Waals surface area contributed by atoms with Crippen molar-refractivity contribution in [1.29, 1.82) is 0 Å². The zero-order valence-electron chi connectivity index (χ0n) is 17.5. The van der Waals surface area contributed by atoms with Crippen LogP contribution in [0.1, 0.15) is 33.8 Å². The van der Waals surface area contributed by atoms with Gasteiger partial charge in [-0.15, -0.1) is 0 Å². The maximum Gasteiger partial charge on any atom is 0.0894 e. The molecular formula is C28H19Cl3N2. The van der Waals surface area contributed by atoms with Crippen molar-refractivity contribution in [2.45, 2.75) is 0 Å². The van der Waals surface area contributed by atoms with E-state index >= 15 is 0 Å². The molecule has 5 heteroatoms. The predicted molar refractivity (Wildman–Crippen MR) is 143 cm³/mol. The average molecular weight is 490 g/mol. The number of benzene rings is 3. The van der Waals surface area contributed by atoms with Gasteiger partial charge in [0.25, 0.3) is 0 Å². The van der Waals surface area contributed by atoms with E-state index in [2.05, 4.69) is 4.98 Å². The molecule has 0 aliphatic carbocycles. The molecule has 0 N–H and O–H groups in total. The third-order valence-corrected chi connectivity index (χ3v) is 5.53. The van der Waals surface area contributed by atoms with Crippen molar-refractivity contribution in [2.75, 3.05) is 0 Å². The van der Waals surface area contributed by atoms with Gasteiger partial charge in [0, 0.05) is 15.1 Å². The van der Waals surface area contributed by atoms with E-state index in [1.165, 1.54) is 0 Å². The van der Waals surface area contributed by atoms with Gasteiger partial charge in [-0.3, -0.25) is 4.98 Å². The first kappa shape index (κ1) is 23.0. The van der Waals surface area contributed by atoms with Crippen molar-refractivity contribution >= 4 is 71.3 Å². The van der Waals surface area contributed by atoms with Gasteiger partial charge in [0.15, 0.2) is 0 Å². The van der Waals surface area contributed by atoms with Crippen LogP contribution >= 0.6 is 34.8 Å². The highest BCUT2D eigenvalue weighted by atomic mass is 35.5. The minimum Gasteiger partial charge on any atom is -0.252 e. The number of hydrogen-bond donors (Lipinski definition) is 0. The van der Waals surface area contributed by atoms with Crippen molar-refractivity contribution in [3.63, 3.8) is 0 Å². The number of hydrogen-bond acceptors (Lipinski definition) is 2. The van der Waals surface area contributed by atoms with Crippen LogP contribution in [0.5, 0.6) is 0 Å². The van der Waals surface area contributed by atoms with Crippen LogP contribution in [-0.2, 0) is 0 Å². The number of nitrogens with zero attached hydrogens (tertiary/aromatic N) is 2. The van der Waals surface area contributed by atoms with Gasteiger partial charge in [-0.25, -0.2) is 4.98 Å². The first-order chi connectivity index (χ1) is 16.0. The summed E-state index contributed by atoms with van der Waals surface area (Å²) in [5.74, 6) is 0. The van der Waals surface area contributed by atoms with E-state index in [9.17, 15) is 0 Å². The van der Waals surface area contributed by atoms with Crippen molar-refractivity contribution in [1.82, 2.24) is 9.97 Å². The molecule has 0 spiro atoms.